The maximum Gasteiger partial charge on any atom is 0.496 e. The zero-order valence-corrected chi connectivity index (χ0v) is 47.6. The van der Waals surface area contributed by atoms with E-state index in [1.807, 2.05) is 70.1 Å². The van der Waals surface area contributed by atoms with Gasteiger partial charge in [-0.2, -0.15) is 29.9 Å². The van der Waals surface area contributed by atoms with E-state index in [4.69, 9.17) is 40.9 Å². The monoisotopic (exact) mass is 1130 g/mol. The molecule has 4 aromatic rings. The molecule has 0 unspecified atom stereocenters. The second-order valence-electron chi connectivity index (χ2n) is 21.7. The number of nitrogens with one attached hydrogen (secondary N) is 1. The van der Waals surface area contributed by atoms with E-state index >= 15 is 0 Å². The number of piperazine rings is 2. The van der Waals surface area contributed by atoms with Crippen LogP contribution in [0.3, 0.4) is 0 Å². The van der Waals surface area contributed by atoms with Gasteiger partial charge in [0, 0.05) is 114 Å². The van der Waals surface area contributed by atoms with Crippen molar-refractivity contribution in [2.45, 2.75) is 104 Å². The van der Waals surface area contributed by atoms with E-state index < -0.39 is 36.8 Å². The second-order valence-corrected chi connectivity index (χ2v) is 22.0. The first-order chi connectivity index (χ1) is 37.3. The molecule has 5 fully saturated rings. The van der Waals surface area contributed by atoms with Gasteiger partial charge < -0.3 is 64.0 Å². The normalized spacial score (nSPS) is 20.5. The molecule has 0 spiro atoms. The van der Waals surface area contributed by atoms with Crippen LogP contribution in [0.1, 0.15) is 86.3 Å². The number of aromatic nitrogens is 8. The number of ether oxygens (including phenoxy) is 3. The van der Waals surface area contributed by atoms with Gasteiger partial charge in [-0.05, 0) is 86.0 Å². The molecule has 0 bridgehead atoms. The molecule has 0 radical (unpaired) electrons. The first kappa shape index (κ1) is 60.6. The Kier molecular flexibility index (Phi) is 20.0. The van der Waals surface area contributed by atoms with Crippen molar-refractivity contribution in [1.82, 2.24) is 55.0 Å². The summed E-state index contributed by atoms with van der Waals surface area (Å²) in [5.74, 6) is 2.45. The van der Waals surface area contributed by atoms with E-state index in [1.165, 1.54) is 30.9 Å². The third-order valence-corrected chi connectivity index (χ3v) is 13.8. The van der Waals surface area contributed by atoms with Crippen LogP contribution in [0.5, 0.6) is 0 Å². The Morgan fingerprint density at radius 2 is 1.32 bits per heavy atom. The highest BCUT2D eigenvalue weighted by atomic mass is 35.5. The number of pyridine rings is 2. The third-order valence-electron chi connectivity index (χ3n) is 13.6. The standard InChI is InChI=1S/C18H24F2N8O.C17H27ClN6O3.C15H22BF2N3O2/c1-11-10-29-7-6-28(11)18-25-16(13-9-23-14(21)8-12(13)15(19)20)24-17(26-18)27-4-2-22-3-5-27;1-12-11-26-10-9-24(12)15-20-13(18)19-14(21-15)22-5-7-23(8-6-22)16(25)27-17(2,3)4;1-14(2)15(3,4)23-16(22-14)11-8-19-12(20-9-21(5)6)7-10(11)13(17)18/h8-9,11,15,22H,2-7,10H2,1H3,(H2,21,23);12H,5-11H2,1-4H3;7-9,13H,1-6H3/t11-;12-;/m00./s1. The average molecular weight is 1130 g/mol. The summed E-state index contributed by atoms with van der Waals surface area (Å²) in [7, 11) is 2.70. The Morgan fingerprint density at radius 3 is 1.86 bits per heavy atom. The van der Waals surface area contributed by atoms with Crippen LogP contribution < -0.4 is 36.1 Å². The molecule has 5 aliphatic heterocycles. The predicted octanol–water partition coefficient (Wildman–Crippen LogP) is 5.44. The lowest BCUT2D eigenvalue weighted by Crippen LogP contribution is -2.50. The molecule has 23 nitrogen and oxygen atoms in total. The lowest BCUT2D eigenvalue weighted by Gasteiger charge is -2.36. The summed E-state index contributed by atoms with van der Waals surface area (Å²) in [6.45, 7) is 26.2. The van der Waals surface area contributed by atoms with Crippen molar-refractivity contribution in [2.24, 2.45) is 4.99 Å². The van der Waals surface area contributed by atoms with Crippen LogP contribution >= 0.6 is 11.6 Å². The molecule has 4 aromatic heterocycles. The molecule has 9 rings (SSSR count). The number of amides is 1. The van der Waals surface area contributed by atoms with Crippen LogP contribution in [0.2, 0.25) is 5.28 Å². The summed E-state index contributed by atoms with van der Waals surface area (Å²) in [5, 5.41) is 3.45. The van der Waals surface area contributed by atoms with E-state index in [1.54, 1.807) is 23.9 Å². The van der Waals surface area contributed by atoms with Crippen molar-refractivity contribution < 1.29 is 45.9 Å². The average Bonchev–Trinajstić information content (AvgIpc) is 3.65. The van der Waals surface area contributed by atoms with Crippen LogP contribution in [-0.2, 0) is 23.5 Å². The molecule has 9 heterocycles. The number of aliphatic imine (C=N–C) groups is 1. The Bertz CT molecular complexity index is 2700. The molecule has 5 saturated heterocycles. The van der Waals surface area contributed by atoms with E-state index in [0.29, 0.717) is 89.5 Å². The molecule has 0 aromatic carbocycles. The molecule has 0 saturated carbocycles. The number of nitrogens with two attached hydrogens (primary N) is 1. The fraction of sp³-hybridized carbons (Fsp3) is 0.640. The fourth-order valence-corrected chi connectivity index (χ4v) is 8.75. The molecule has 3 N–H and O–H groups in total. The molecule has 5 aliphatic rings. The van der Waals surface area contributed by atoms with Gasteiger partial charge in [0.15, 0.2) is 11.6 Å². The molecular formula is C50H73BClF4N17O6. The number of carbonyl (C=O) groups is 1. The summed E-state index contributed by atoms with van der Waals surface area (Å²) < 4.78 is 82.3. The zero-order valence-electron chi connectivity index (χ0n) is 46.8. The largest absolute Gasteiger partial charge is 0.496 e. The van der Waals surface area contributed by atoms with Crippen LogP contribution in [0.25, 0.3) is 11.4 Å². The minimum absolute atomic E-state index is 0.0301. The van der Waals surface area contributed by atoms with E-state index in [-0.39, 0.29) is 63.1 Å². The fourth-order valence-electron chi connectivity index (χ4n) is 8.60. The van der Waals surface area contributed by atoms with Gasteiger partial charge in [0.25, 0.3) is 12.9 Å². The van der Waals surface area contributed by atoms with Crippen molar-refractivity contribution in [3.05, 3.63) is 40.9 Å². The quantitative estimate of drug-likeness (QED) is 0.0871. The minimum atomic E-state index is -2.72. The Labute approximate surface area is 464 Å². The first-order valence-corrected chi connectivity index (χ1v) is 26.6. The van der Waals surface area contributed by atoms with Crippen LogP contribution in [-0.4, -0.2) is 204 Å². The summed E-state index contributed by atoms with van der Waals surface area (Å²) >= 11 is 6.16. The SMILES string of the molecule is CN(C)C=Nc1cc(C(F)F)c(B2OC(C)(C)C(C)(C)O2)cn1.C[C@H]1COCCN1c1nc(-c2cnc(N)cc2C(F)F)nc(N2CCNCC2)n1.C[C@H]1COCCN1c1nc(Cl)nc(N2CCN(C(=O)OC(C)(C)C)CC2)n1. The number of hydrogen-bond acceptors (Lipinski definition) is 21. The molecule has 79 heavy (non-hydrogen) atoms. The summed E-state index contributed by atoms with van der Waals surface area (Å²) in [6.07, 6.45) is -1.52. The number of rotatable bonds is 10. The van der Waals surface area contributed by atoms with Gasteiger partial charge >= 0.3 is 13.2 Å². The van der Waals surface area contributed by atoms with Gasteiger partial charge in [-0.15, -0.1) is 0 Å². The maximum atomic E-state index is 13.7. The third kappa shape index (κ3) is 15.9. The number of carbonyl (C=O) groups excluding carboxylic acids is 1. The van der Waals surface area contributed by atoms with Crippen molar-refractivity contribution >= 4 is 72.0 Å². The lowest BCUT2D eigenvalue weighted by molar-refractivity contribution is 0.00578. The van der Waals surface area contributed by atoms with Crippen molar-refractivity contribution in [2.75, 3.05) is 131 Å². The van der Waals surface area contributed by atoms with Crippen molar-refractivity contribution in [1.29, 1.82) is 0 Å². The lowest BCUT2D eigenvalue weighted by atomic mass is 9.77. The summed E-state index contributed by atoms with van der Waals surface area (Å²) in [6, 6.07) is 2.68. The zero-order chi connectivity index (χ0) is 57.4. The molecule has 0 aliphatic carbocycles. The topological polar surface area (TPSA) is 236 Å². The Hall–Kier alpha value is -6.07. The second kappa shape index (κ2) is 26.0. The molecule has 432 valence electrons. The number of nitrogen functional groups attached to an aromatic ring is 1. The van der Waals surface area contributed by atoms with Gasteiger partial charge in [0.1, 0.15) is 11.4 Å². The first-order valence-electron chi connectivity index (χ1n) is 26.2. The highest BCUT2D eigenvalue weighted by molar-refractivity contribution is 6.62. The van der Waals surface area contributed by atoms with Gasteiger partial charge in [-0.3, -0.25) is 0 Å². The van der Waals surface area contributed by atoms with E-state index in [9.17, 15) is 22.4 Å². The number of hydrogen-bond donors (Lipinski definition) is 2. The number of alkyl halides is 4. The highest BCUT2D eigenvalue weighted by Crippen LogP contribution is 2.38. The van der Waals surface area contributed by atoms with Gasteiger partial charge in [0.2, 0.25) is 29.1 Å². The number of halogens is 5. The number of nitrogens with zero attached hydrogens (tertiary/aromatic N) is 15. The van der Waals surface area contributed by atoms with Gasteiger partial charge in [-0.25, -0.2) is 37.3 Å². The van der Waals surface area contributed by atoms with Crippen LogP contribution in [0, 0.1) is 0 Å². The molecular weight excluding hydrogens is 1060 g/mol. The molecule has 1 amide bonds. The number of anilines is 5. The van der Waals surface area contributed by atoms with Crippen LogP contribution in [0.15, 0.2) is 29.5 Å². The number of morpholine rings is 2. The van der Waals surface area contributed by atoms with Gasteiger partial charge in [0.05, 0.1) is 56.1 Å². The van der Waals surface area contributed by atoms with Crippen molar-refractivity contribution in [3.63, 3.8) is 0 Å². The molecule has 2 atom stereocenters. The van der Waals surface area contributed by atoms with Crippen LogP contribution in [0.4, 0.5) is 57.8 Å². The smallest absolute Gasteiger partial charge is 0.444 e. The Morgan fingerprint density at radius 1 is 0.785 bits per heavy atom. The summed E-state index contributed by atoms with van der Waals surface area (Å²) in [5.41, 5.74) is 3.91. The van der Waals surface area contributed by atoms with E-state index in [0.717, 1.165) is 26.2 Å². The van der Waals surface area contributed by atoms with E-state index in [2.05, 4.69) is 62.0 Å². The maximum absolute atomic E-state index is 13.7. The molecule has 29 heteroatoms. The van der Waals surface area contributed by atoms with Crippen molar-refractivity contribution in [3.8, 4) is 11.4 Å². The Balaban J connectivity index is 0.000000173. The minimum Gasteiger partial charge on any atom is -0.444 e. The summed E-state index contributed by atoms with van der Waals surface area (Å²) in [4.78, 5) is 62.8. The highest BCUT2D eigenvalue weighted by Gasteiger charge is 2.53. The van der Waals surface area contributed by atoms with Gasteiger partial charge in [-0.1, -0.05) is 0 Å². The predicted molar refractivity (Wildman–Crippen MR) is 294 cm³/mol.